The molecule has 2 aromatic rings. The van der Waals surface area contributed by atoms with Crippen molar-refractivity contribution in [3.8, 4) is 0 Å². The number of rotatable bonds is 52. The molecule has 0 saturated carbocycles. The maximum absolute atomic E-state index is 6.41. The van der Waals surface area contributed by atoms with Crippen LogP contribution in [0.3, 0.4) is 0 Å². The van der Waals surface area contributed by atoms with E-state index >= 15 is 0 Å². The van der Waals surface area contributed by atoms with Crippen molar-refractivity contribution < 1.29 is 75.8 Å². The van der Waals surface area contributed by atoms with Gasteiger partial charge in [-0.1, -0.05) is 35.5 Å². The van der Waals surface area contributed by atoms with Crippen molar-refractivity contribution in [1.29, 1.82) is 0 Å². The lowest BCUT2D eigenvalue weighted by atomic mass is 10.2. The minimum absolute atomic E-state index is 0.498. The summed E-state index contributed by atoms with van der Waals surface area (Å²) in [7, 11) is 1.65. The number of hydrogen-bond donors (Lipinski definition) is 0. The van der Waals surface area contributed by atoms with Gasteiger partial charge in [-0.2, -0.15) is 0 Å². The zero-order chi connectivity index (χ0) is 51.2. The number of nitrogens with zero attached hydrogens (tertiary/aromatic N) is 3. The van der Waals surface area contributed by atoms with Crippen LogP contribution in [0.4, 0.5) is 11.4 Å². The predicted octanol–water partition coefficient (Wildman–Crippen LogP) is 4.85. The van der Waals surface area contributed by atoms with Gasteiger partial charge in [0.05, 0.1) is 216 Å². The first-order valence-corrected chi connectivity index (χ1v) is 27.4. The average Bonchev–Trinajstić information content (AvgIpc) is 3.41. The normalized spacial score (nSPS) is 14.1. The van der Waals surface area contributed by atoms with Gasteiger partial charge >= 0.3 is 0 Å². The van der Waals surface area contributed by atoms with Crippen molar-refractivity contribution >= 4 is 34.7 Å². The summed E-state index contributed by atoms with van der Waals surface area (Å²) in [6.45, 7) is 23.6. The van der Waals surface area contributed by atoms with Gasteiger partial charge in [-0.05, 0) is 43.3 Å². The van der Waals surface area contributed by atoms with Gasteiger partial charge in [-0.25, -0.2) is 0 Å². The summed E-state index contributed by atoms with van der Waals surface area (Å²) in [5, 5.41) is 0.780. The molecule has 4 rings (SSSR count). The second-order valence-electron chi connectivity index (χ2n) is 16.5. The average molecular weight is 1080 g/mol. The number of methoxy groups -OCH3 is 1. The molecule has 0 N–H and O–H groups in total. The van der Waals surface area contributed by atoms with Gasteiger partial charge in [0.25, 0.3) is 0 Å². The molecule has 0 spiro atoms. The molecular formula is C52H88ClN3O16S. The van der Waals surface area contributed by atoms with Crippen molar-refractivity contribution in [2.24, 2.45) is 0 Å². The van der Waals surface area contributed by atoms with Crippen LogP contribution in [-0.2, 0) is 75.8 Å². The van der Waals surface area contributed by atoms with Crippen LogP contribution >= 0.6 is 23.4 Å². The van der Waals surface area contributed by atoms with Gasteiger partial charge in [-0.3, -0.25) is 4.90 Å². The van der Waals surface area contributed by atoms with Crippen LogP contribution in [0.25, 0.3) is 0 Å². The molecule has 2 aliphatic heterocycles. The van der Waals surface area contributed by atoms with Crippen molar-refractivity contribution in [1.82, 2.24) is 9.80 Å². The number of fused-ring (bicyclic) bond motifs is 2. The summed E-state index contributed by atoms with van der Waals surface area (Å²) >= 11 is 8.23. The molecule has 0 unspecified atom stereocenters. The summed E-state index contributed by atoms with van der Waals surface area (Å²) in [6, 6.07) is 14.9. The fourth-order valence-corrected chi connectivity index (χ4v) is 8.49. The third kappa shape index (κ3) is 33.1. The van der Waals surface area contributed by atoms with Crippen LogP contribution < -0.4 is 4.90 Å². The summed E-state index contributed by atoms with van der Waals surface area (Å²) in [6.07, 6.45) is 1.10. The Hall–Kier alpha value is -1.84. The Balaban J connectivity index is 0.756. The molecule has 0 amide bonds. The maximum Gasteiger partial charge on any atom is 0.0701 e. The first-order valence-electron chi connectivity index (χ1n) is 26.2. The van der Waals surface area contributed by atoms with Crippen LogP contribution in [-0.4, -0.2) is 268 Å². The summed E-state index contributed by atoms with van der Waals surface area (Å²) in [5.74, 6) is 0. The second kappa shape index (κ2) is 46.3. The molecule has 19 nitrogen and oxygen atoms in total. The fraction of sp³-hybridized carbons (Fsp3) is 0.769. The number of halogens is 1. The first-order chi connectivity index (χ1) is 36.2. The summed E-state index contributed by atoms with van der Waals surface area (Å²) < 4.78 is 88.0. The Morgan fingerprint density at radius 3 is 1.04 bits per heavy atom. The quantitative estimate of drug-likeness (QED) is 0.0828. The number of ether oxygens (including phenoxy) is 16. The van der Waals surface area contributed by atoms with E-state index in [1.807, 2.05) is 17.8 Å². The zero-order valence-electron chi connectivity index (χ0n) is 43.8. The molecule has 0 radical (unpaired) electrons. The lowest BCUT2D eigenvalue weighted by molar-refractivity contribution is -0.0303. The smallest absolute Gasteiger partial charge is 0.0701 e. The highest BCUT2D eigenvalue weighted by Gasteiger charge is 2.24. The van der Waals surface area contributed by atoms with Gasteiger partial charge in [0.2, 0.25) is 0 Å². The van der Waals surface area contributed by atoms with E-state index in [1.165, 1.54) is 21.2 Å². The number of anilines is 2. The van der Waals surface area contributed by atoms with Gasteiger partial charge in [-0.15, -0.1) is 0 Å². The number of hydrogen-bond acceptors (Lipinski definition) is 20. The molecule has 0 atom stereocenters. The Labute approximate surface area is 445 Å². The molecule has 21 heteroatoms. The maximum atomic E-state index is 6.41. The van der Waals surface area contributed by atoms with Crippen molar-refractivity contribution in [2.45, 2.75) is 16.2 Å². The van der Waals surface area contributed by atoms with E-state index in [9.17, 15) is 0 Å². The van der Waals surface area contributed by atoms with Crippen LogP contribution in [0.2, 0.25) is 5.02 Å². The van der Waals surface area contributed by atoms with E-state index < -0.39 is 0 Å². The van der Waals surface area contributed by atoms with E-state index in [1.54, 1.807) is 7.11 Å². The Kier molecular flexibility index (Phi) is 40.4. The number of para-hydroxylation sites is 1. The molecule has 1 saturated heterocycles. The van der Waals surface area contributed by atoms with E-state index in [2.05, 4.69) is 51.1 Å². The van der Waals surface area contributed by atoms with Crippen molar-refractivity contribution in [3.63, 3.8) is 0 Å². The molecular weight excluding hydrogens is 990 g/mol. The molecule has 73 heavy (non-hydrogen) atoms. The van der Waals surface area contributed by atoms with E-state index in [-0.39, 0.29) is 0 Å². The third-order valence-electron chi connectivity index (χ3n) is 11.1. The van der Waals surface area contributed by atoms with Crippen LogP contribution in [0.1, 0.15) is 6.42 Å². The van der Waals surface area contributed by atoms with Gasteiger partial charge in [0, 0.05) is 61.2 Å². The largest absolute Gasteiger partial charge is 0.382 e. The lowest BCUT2D eigenvalue weighted by Gasteiger charge is -2.36. The molecule has 0 aromatic heterocycles. The van der Waals surface area contributed by atoms with E-state index in [0.29, 0.717) is 205 Å². The summed E-state index contributed by atoms with van der Waals surface area (Å²) in [5.41, 5.74) is 2.48. The summed E-state index contributed by atoms with van der Waals surface area (Å²) in [4.78, 5) is 10.1. The fourth-order valence-electron chi connectivity index (χ4n) is 7.25. The second-order valence-corrected chi connectivity index (χ2v) is 18.1. The number of benzene rings is 2. The minimum Gasteiger partial charge on any atom is -0.382 e. The van der Waals surface area contributed by atoms with Crippen molar-refractivity contribution in [3.05, 3.63) is 47.5 Å². The standard InChI is InChI=1S/C52H88ClN3O16S/c1-57-17-18-59-21-22-61-25-26-63-29-30-65-33-34-67-37-38-69-41-42-71-45-46-72-44-43-70-40-39-68-36-35-66-32-31-64-28-27-62-24-23-60-20-19-58-16-15-55-13-11-54(12-14-55)9-4-10-56-49-5-2-3-6-51(49)73-52-8-7-48(53)47-50(52)56/h2-3,5-8,47H,4,9-46H2,1H3. The highest BCUT2D eigenvalue weighted by Crippen LogP contribution is 2.48. The van der Waals surface area contributed by atoms with Gasteiger partial charge in [0.15, 0.2) is 0 Å². The lowest BCUT2D eigenvalue weighted by Crippen LogP contribution is -2.47. The van der Waals surface area contributed by atoms with E-state index in [0.717, 1.165) is 57.3 Å². The molecule has 0 aliphatic carbocycles. The highest BCUT2D eigenvalue weighted by molar-refractivity contribution is 7.99. The Bertz CT molecular complexity index is 1560. The number of piperazine rings is 1. The monoisotopic (exact) mass is 1080 g/mol. The van der Waals surface area contributed by atoms with Crippen LogP contribution in [0, 0.1) is 0 Å². The van der Waals surface area contributed by atoms with Crippen LogP contribution in [0.5, 0.6) is 0 Å². The predicted molar refractivity (Wildman–Crippen MR) is 281 cm³/mol. The molecule has 2 heterocycles. The zero-order valence-corrected chi connectivity index (χ0v) is 45.4. The van der Waals surface area contributed by atoms with Gasteiger partial charge < -0.3 is 85.6 Å². The topological polar surface area (TPSA) is 157 Å². The molecule has 420 valence electrons. The first kappa shape index (κ1) is 63.7. The Morgan fingerprint density at radius 1 is 0.356 bits per heavy atom. The molecule has 2 aliphatic rings. The highest BCUT2D eigenvalue weighted by atomic mass is 35.5. The van der Waals surface area contributed by atoms with Crippen LogP contribution in [0.15, 0.2) is 52.3 Å². The molecule has 0 bridgehead atoms. The minimum atomic E-state index is 0.498. The Morgan fingerprint density at radius 2 is 0.671 bits per heavy atom. The molecule has 2 aromatic carbocycles. The van der Waals surface area contributed by atoms with Gasteiger partial charge in [0.1, 0.15) is 0 Å². The van der Waals surface area contributed by atoms with E-state index in [4.69, 9.17) is 87.4 Å². The van der Waals surface area contributed by atoms with Crippen molar-refractivity contribution in [2.75, 3.05) is 263 Å². The third-order valence-corrected chi connectivity index (χ3v) is 12.5. The molecule has 1 fully saturated rings. The SMILES string of the molecule is COCCOCCOCCOCCOCCOCCOCCOCCOCCOCCOCCOCCOCCOCCOCCOCCN1CCN(CCCN2c3ccccc3Sc3ccc(Cl)cc32)CC1.